The highest BCUT2D eigenvalue weighted by molar-refractivity contribution is 5.92. The van der Waals surface area contributed by atoms with E-state index < -0.39 is 0 Å². The summed E-state index contributed by atoms with van der Waals surface area (Å²) in [6.45, 7) is 2.27. The fraction of sp³-hybridized carbons (Fsp3) is 0.385. The van der Waals surface area contributed by atoms with Gasteiger partial charge in [0, 0.05) is 31.7 Å². The van der Waals surface area contributed by atoms with Gasteiger partial charge in [-0.2, -0.15) is 0 Å². The molecular formula is C13H16N6O. The van der Waals surface area contributed by atoms with Gasteiger partial charge in [0.25, 0.3) is 5.91 Å². The van der Waals surface area contributed by atoms with Crippen LogP contribution in [-0.2, 0) is 6.54 Å². The minimum absolute atomic E-state index is 0.218. The molecule has 0 spiro atoms. The van der Waals surface area contributed by atoms with Crippen LogP contribution in [-0.4, -0.2) is 38.9 Å². The molecule has 0 saturated carbocycles. The maximum absolute atomic E-state index is 12.0. The van der Waals surface area contributed by atoms with Gasteiger partial charge >= 0.3 is 0 Å². The minimum Gasteiger partial charge on any atom is -0.347 e. The van der Waals surface area contributed by atoms with Crippen molar-refractivity contribution >= 4 is 11.9 Å². The number of carbonyl (C=O) groups is 1. The summed E-state index contributed by atoms with van der Waals surface area (Å²) in [6, 6.07) is 1.62. The van der Waals surface area contributed by atoms with Gasteiger partial charge in [0.2, 0.25) is 5.95 Å². The van der Waals surface area contributed by atoms with E-state index in [0.29, 0.717) is 24.0 Å². The molecule has 1 saturated heterocycles. The third kappa shape index (κ3) is 2.76. The van der Waals surface area contributed by atoms with Crippen LogP contribution in [0.3, 0.4) is 0 Å². The van der Waals surface area contributed by atoms with Crippen molar-refractivity contribution in [2.45, 2.75) is 19.4 Å². The molecule has 3 rings (SSSR count). The molecule has 1 amide bonds. The molecule has 3 heterocycles. The average Bonchev–Trinajstić information content (AvgIpc) is 3.18. The van der Waals surface area contributed by atoms with Crippen molar-refractivity contribution in [2.24, 2.45) is 0 Å². The molecule has 2 aromatic heterocycles. The first-order chi connectivity index (χ1) is 9.83. The minimum atomic E-state index is -0.218. The number of aromatic nitrogens is 4. The van der Waals surface area contributed by atoms with Gasteiger partial charge in [-0.1, -0.05) is 0 Å². The summed E-state index contributed by atoms with van der Waals surface area (Å²) < 4.78 is 0. The van der Waals surface area contributed by atoms with Gasteiger partial charge in [-0.3, -0.25) is 4.79 Å². The molecule has 7 heteroatoms. The molecule has 0 aliphatic carbocycles. The highest BCUT2D eigenvalue weighted by Gasteiger charge is 2.16. The normalized spacial score (nSPS) is 14.5. The fourth-order valence-electron chi connectivity index (χ4n) is 2.19. The van der Waals surface area contributed by atoms with Gasteiger partial charge in [0.05, 0.1) is 6.54 Å². The molecule has 20 heavy (non-hydrogen) atoms. The van der Waals surface area contributed by atoms with Crippen LogP contribution in [0.15, 0.2) is 24.7 Å². The number of amides is 1. The van der Waals surface area contributed by atoms with E-state index in [1.54, 1.807) is 24.7 Å². The topological polar surface area (TPSA) is 86.8 Å². The number of aromatic amines is 1. The quantitative estimate of drug-likeness (QED) is 0.856. The van der Waals surface area contributed by atoms with Gasteiger partial charge in [-0.25, -0.2) is 15.0 Å². The lowest BCUT2D eigenvalue weighted by Crippen LogP contribution is -2.26. The van der Waals surface area contributed by atoms with Crippen molar-refractivity contribution in [3.8, 4) is 0 Å². The maximum Gasteiger partial charge on any atom is 0.270 e. The Morgan fingerprint density at radius 1 is 1.30 bits per heavy atom. The number of H-pyrrole nitrogens is 1. The van der Waals surface area contributed by atoms with E-state index in [0.717, 1.165) is 25.9 Å². The monoisotopic (exact) mass is 272 g/mol. The third-order valence-corrected chi connectivity index (χ3v) is 3.24. The third-order valence-electron chi connectivity index (χ3n) is 3.24. The summed E-state index contributed by atoms with van der Waals surface area (Å²) in [5.41, 5.74) is 0.383. The molecule has 1 aliphatic heterocycles. The zero-order valence-electron chi connectivity index (χ0n) is 11.0. The Bertz CT molecular complexity index is 576. The average molecular weight is 272 g/mol. The van der Waals surface area contributed by atoms with Gasteiger partial charge in [0.1, 0.15) is 11.5 Å². The van der Waals surface area contributed by atoms with Crippen LogP contribution in [0.25, 0.3) is 0 Å². The molecule has 1 fully saturated rings. The predicted octanol–water partition coefficient (Wildman–Crippen LogP) is 0.730. The van der Waals surface area contributed by atoms with Crippen molar-refractivity contribution in [3.63, 3.8) is 0 Å². The van der Waals surface area contributed by atoms with Crippen molar-refractivity contribution in [1.29, 1.82) is 0 Å². The Kier molecular flexibility index (Phi) is 3.58. The second-order valence-electron chi connectivity index (χ2n) is 4.65. The van der Waals surface area contributed by atoms with E-state index >= 15 is 0 Å². The highest BCUT2D eigenvalue weighted by atomic mass is 16.1. The van der Waals surface area contributed by atoms with Crippen molar-refractivity contribution < 1.29 is 4.79 Å². The Balaban J connectivity index is 1.66. The van der Waals surface area contributed by atoms with Crippen LogP contribution in [0.4, 0.5) is 5.95 Å². The summed E-state index contributed by atoms with van der Waals surface area (Å²) in [4.78, 5) is 29.7. The summed E-state index contributed by atoms with van der Waals surface area (Å²) in [6.07, 6.45) is 7.30. The summed E-state index contributed by atoms with van der Waals surface area (Å²) in [5.74, 6) is 1.13. The van der Waals surface area contributed by atoms with Crippen molar-refractivity contribution in [3.05, 3.63) is 36.2 Å². The molecule has 2 aromatic rings. The molecule has 7 nitrogen and oxygen atoms in total. The van der Waals surface area contributed by atoms with E-state index in [2.05, 4.69) is 30.2 Å². The van der Waals surface area contributed by atoms with E-state index in [1.165, 1.54) is 0 Å². The molecule has 0 bridgehead atoms. The van der Waals surface area contributed by atoms with E-state index in [4.69, 9.17) is 0 Å². The van der Waals surface area contributed by atoms with E-state index in [9.17, 15) is 4.79 Å². The summed E-state index contributed by atoms with van der Waals surface area (Å²) in [7, 11) is 0. The van der Waals surface area contributed by atoms with Crippen LogP contribution in [0.5, 0.6) is 0 Å². The second-order valence-corrected chi connectivity index (χ2v) is 4.65. The Morgan fingerprint density at radius 3 is 2.90 bits per heavy atom. The Hall–Kier alpha value is -2.44. The Morgan fingerprint density at radius 2 is 2.15 bits per heavy atom. The van der Waals surface area contributed by atoms with Crippen LogP contribution in [0, 0.1) is 0 Å². The maximum atomic E-state index is 12.0. The number of imidazole rings is 1. The van der Waals surface area contributed by atoms with E-state index in [-0.39, 0.29) is 5.91 Å². The smallest absolute Gasteiger partial charge is 0.270 e. The van der Waals surface area contributed by atoms with Gasteiger partial charge < -0.3 is 15.2 Å². The number of hydrogen-bond donors (Lipinski definition) is 2. The number of carbonyl (C=O) groups excluding carboxylic acids is 1. The van der Waals surface area contributed by atoms with Crippen LogP contribution < -0.4 is 10.2 Å². The number of anilines is 1. The zero-order chi connectivity index (χ0) is 13.8. The lowest BCUT2D eigenvalue weighted by Gasteiger charge is -2.15. The Labute approximate surface area is 116 Å². The zero-order valence-corrected chi connectivity index (χ0v) is 11.0. The summed E-state index contributed by atoms with van der Waals surface area (Å²) in [5, 5.41) is 2.78. The number of rotatable bonds is 4. The van der Waals surface area contributed by atoms with Crippen LogP contribution >= 0.6 is 0 Å². The van der Waals surface area contributed by atoms with Gasteiger partial charge in [-0.05, 0) is 18.9 Å². The van der Waals surface area contributed by atoms with Crippen molar-refractivity contribution in [2.75, 3.05) is 18.0 Å². The molecule has 104 valence electrons. The molecule has 1 aliphatic rings. The number of hydrogen-bond acceptors (Lipinski definition) is 5. The number of nitrogens with one attached hydrogen (secondary N) is 2. The van der Waals surface area contributed by atoms with E-state index in [1.807, 2.05) is 0 Å². The fourth-order valence-corrected chi connectivity index (χ4v) is 2.19. The summed E-state index contributed by atoms with van der Waals surface area (Å²) >= 11 is 0. The number of nitrogens with zero attached hydrogens (tertiary/aromatic N) is 4. The predicted molar refractivity (Wildman–Crippen MR) is 73.2 cm³/mol. The van der Waals surface area contributed by atoms with Gasteiger partial charge in [0.15, 0.2) is 0 Å². The molecular weight excluding hydrogens is 256 g/mol. The van der Waals surface area contributed by atoms with Crippen LogP contribution in [0.2, 0.25) is 0 Å². The molecule has 0 unspecified atom stereocenters. The first-order valence-electron chi connectivity index (χ1n) is 6.67. The highest BCUT2D eigenvalue weighted by Crippen LogP contribution is 2.15. The first kappa shape index (κ1) is 12.6. The SMILES string of the molecule is O=C(NCc1ncc[nH]1)c1ccnc(N2CCCC2)n1. The molecule has 0 atom stereocenters. The molecule has 2 N–H and O–H groups in total. The van der Waals surface area contributed by atoms with Gasteiger partial charge in [-0.15, -0.1) is 0 Å². The molecule has 0 aromatic carbocycles. The molecule has 0 radical (unpaired) electrons. The first-order valence-corrected chi connectivity index (χ1v) is 6.67. The standard InChI is InChI=1S/C13H16N6O/c20-12(17-9-11-14-5-6-15-11)10-3-4-16-13(18-10)19-7-1-2-8-19/h3-6H,1-2,7-9H2,(H,14,15)(H,17,20). The van der Waals surface area contributed by atoms with Crippen LogP contribution in [0.1, 0.15) is 29.2 Å². The second kappa shape index (κ2) is 5.68. The largest absolute Gasteiger partial charge is 0.347 e. The lowest BCUT2D eigenvalue weighted by atomic mass is 10.4. The lowest BCUT2D eigenvalue weighted by molar-refractivity contribution is 0.0945. The van der Waals surface area contributed by atoms with Crippen molar-refractivity contribution in [1.82, 2.24) is 25.3 Å².